The summed E-state index contributed by atoms with van der Waals surface area (Å²) in [5.41, 5.74) is -0.177. The largest absolute Gasteiger partial charge is 1.00 e. The summed E-state index contributed by atoms with van der Waals surface area (Å²) in [6.45, 7) is 1.44. The molecule has 0 aliphatic carbocycles. The van der Waals surface area contributed by atoms with Crippen LogP contribution in [0.1, 0.15) is 5.69 Å². The second kappa shape index (κ2) is 11.5. The van der Waals surface area contributed by atoms with Gasteiger partial charge < -0.3 is 9.66 Å². The molecule has 3 rings (SSSR count). The van der Waals surface area contributed by atoms with Crippen molar-refractivity contribution in [2.24, 2.45) is 10.2 Å². The fourth-order valence-corrected chi connectivity index (χ4v) is 4.30. The van der Waals surface area contributed by atoms with E-state index in [1.54, 1.807) is 0 Å². The Morgan fingerprint density at radius 1 is 1.03 bits per heavy atom. The van der Waals surface area contributed by atoms with Crippen LogP contribution in [-0.4, -0.2) is 35.7 Å². The summed E-state index contributed by atoms with van der Waals surface area (Å²) in [6, 6.07) is 6.62. The second-order valence-corrected chi connectivity index (χ2v) is 9.60. The Labute approximate surface area is 242 Å². The molecule has 0 amide bonds. The summed E-state index contributed by atoms with van der Waals surface area (Å²) in [5, 5.41) is 23.6. The Morgan fingerprint density at radius 3 is 2.24 bits per heavy atom. The van der Waals surface area contributed by atoms with Crippen LogP contribution in [0, 0.1) is 6.92 Å². The van der Waals surface area contributed by atoms with E-state index in [-0.39, 0.29) is 86.9 Å². The molecule has 0 saturated heterocycles. The maximum atomic E-state index is 12.7. The van der Waals surface area contributed by atoms with Gasteiger partial charge in [0.25, 0.3) is 10.1 Å². The van der Waals surface area contributed by atoms with Crippen molar-refractivity contribution in [3.05, 3.63) is 52.1 Å². The summed E-state index contributed by atoms with van der Waals surface area (Å²) in [7, 11) is -9.34. The molecular formula is C16H10Cl2N4Na2O7S2. The third-order valence-electron chi connectivity index (χ3n) is 3.87. The molecule has 17 heteroatoms. The van der Waals surface area contributed by atoms with Crippen molar-refractivity contribution in [2.75, 3.05) is 0 Å². The molecule has 0 unspecified atom stereocenters. The first kappa shape index (κ1) is 30.5. The number of nitrogens with zero attached hydrogens (tertiary/aromatic N) is 4. The van der Waals surface area contributed by atoms with Gasteiger partial charge >= 0.3 is 59.1 Å². The zero-order valence-electron chi connectivity index (χ0n) is 17.2. The molecule has 0 fully saturated rings. The van der Waals surface area contributed by atoms with Crippen LogP contribution in [0.4, 0.5) is 11.4 Å². The van der Waals surface area contributed by atoms with Gasteiger partial charge in [-0.3, -0.25) is 4.55 Å². The molecule has 1 heterocycles. The molecule has 11 nitrogen and oxygen atoms in total. The number of benzene rings is 2. The minimum Gasteiger partial charge on any atom is -0.857 e. The summed E-state index contributed by atoms with van der Waals surface area (Å²) >= 11 is 11.9. The Hall–Kier alpha value is -0.550. The van der Waals surface area contributed by atoms with Crippen LogP contribution >= 0.6 is 23.2 Å². The van der Waals surface area contributed by atoms with Gasteiger partial charge in [-0.05, 0) is 37.3 Å². The predicted molar refractivity (Wildman–Crippen MR) is 106 cm³/mol. The number of aryl methyl sites for hydroxylation is 1. The van der Waals surface area contributed by atoms with Crippen molar-refractivity contribution < 1.29 is 90.2 Å². The molecule has 0 spiro atoms. The van der Waals surface area contributed by atoms with Crippen molar-refractivity contribution in [1.82, 2.24) is 9.78 Å². The fourth-order valence-electron chi connectivity index (χ4n) is 2.46. The molecule has 164 valence electrons. The average molecular weight is 551 g/mol. The van der Waals surface area contributed by atoms with Gasteiger partial charge in [-0.15, -0.1) is 5.11 Å². The van der Waals surface area contributed by atoms with E-state index >= 15 is 0 Å². The Balaban J connectivity index is 0.00000272. The van der Waals surface area contributed by atoms with E-state index in [4.69, 9.17) is 27.8 Å². The third-order valence-corrected chi connectivity index (χ3v) is 6.32. The smallest absolute Gasteiger partial charge is 0.857 e. The van der Waals surface area contributed by atoms with Gasteiger partial charge in [-0.2, -0.15) is 18.6 Å². The molecule has 0 radical (unpaired) electrons. The van der Waals surface area contributed by atoms with Gasteiger partial charge in [0.05, 0.1) is 32.0 Å². The van der Waals surface area contributed by atoms with E-state index in [0.717, 1.165) is 28.9 Å². The Kier molecular flexibility index (Phi) is 10.6. The molecule has 1 aromatic heterocycles. The summed E-state index contributed by atoms with van der Waals surface area (Å²) in [4.78, 5) is -1.16. The van der Waals surface area contributed by atoms with Gasteiger partial charge in [0.1, 0.15) is 20.7 Å². The second-order valence-electron chi connectivity index (χ2n) is 6.01. The molecule has 0 aliphatic rings. The molecule has 0 atom stereocenters. The van der Waals surface area contributed by atoms with Gasteiger partial charge in [0.15, 0.2) is 0 Å². The van der Waals surface area contributed by atoms with Crippen LogP contribution in [0.2, 0.25) is 10.0 Å². The minimum absolute atomic E-state index is 0. The van der Waals surface area contributed by atoms with Crippen molar-refractivity contribution in [3.63, 3.8) is 0 Å². The average Bonchev–Trinajstić information content (AvgIpc) is 2.94. The molecule has 0 bridgehead atoms. The third kappa shape index (κ3) is 6.99. The minimum atomic E-state index is -4.70. The summed E-state index contributed by atoms with van der Waals surface area (Å²) < 4.78 is 65.9. The van der Waals surface area contributed by atoms with E-state index in [0.29, 0.717) is 0 Å². The number of halogens is 2. The predicted octanol–water partition coefficient (Wildman–Crippen LogP) is -2.86. The van der Waals surface area contributed by atoms with Crippen LogP contribution in [-0.2, 0) is 20.2 Å². The van der Waals surface area contributed by atoms with Crippen LogP contribution in [0.5, 0.6) is 5.88 Å². The Morgan fingerprint density at radius 2 is 1.67 bits per heavy atom. The van der Waals surface area contributed by atoms with E-state index in [1.165, 1.54) is 19.1 Å². The van der Waals surface area contributed by atoms with Crippen molar-refractivity contribution >= 4 is 54.8 Å². The number of hydrogen-bond acceptors (Lipinski definition) is 9. The maximum absolute atomic E-state index is 12.7. The van der Waals surface area contributed by atoms with Gasteiger partial charge in [0, 0.05) is 5.88 Å². The van der Waals surface area contributed by atoms with E-state index in [1.807, 2.05) is 0 Å². The molecule has 0 aliphatic heterocycles. The molecule has 2 aromatic carbocycles. The quantitative estimate of drug-likeness (QED) is 0.200. The first-order chi connectivity index (χ1) is 14.3. The number of aromatic nitrogens is 2. The normalized spacial score (nSPS) is 11.8. The van der Waals surface area contributed by atoms with Crippen molar-refractivity contribution in [3.8, 4) is 11.6 Å². The van der Waals surface area contributed by atoms with Crippen molar-refractivity contribution in [1.29, 1.82) is 0 Å². The van der Waals surface area contributed by atoms with E-state index < -0.39 is 40.9 Å². The first-order valence-electron chi connectivity index (χ1n) is 8.00. The van der Waals surface area contributed by atoms with Gasteiger partial charge in [-0.1, -0.05) is 29.3 Å². The first-order valence-corrected chi connectivity index (χ1v) is 11.6. The topological polar surface area (TPSA) is 177 Å². The van der Waals surface area contributed by atoms with E-state index in [2.05, 4.69) is 15.3 Å². The zero-order valence-corrected chi connectivity index (χ0v) is 24.4. The monoisotopic (exact) mass is 550 g/mol. The van der Waals surface area contributed by atoms with Crippen LogP contribution in [0.15, 0.2) is 56.4 Å². The molecular weight excluding hydrogens is 541 g/mol. The molecule has 0 saturated carbocycles. The number of azo groups is 1. The number of hydrogen-bond donors (Lipinski definition) is 1. The molecule has 1 N–H and O–H groups in total. The van der Waals surface area contributed by atoms with E-state index in [9.17, 15) is 26.5 Å². The zero-order chi connectivity index (χ0) is 23.1. The Bertz CT molecular complexity index is 1450. The molecule has 3 aromatic rings. The summed E-state index contributed by atoms with van der Waals surface area (Å²) in [5.74, 6) is -0.786. The van der Waals surface area contributed by atoms with Gasteiger partial charge in [-0.25, -0.2) is 13.1 Å². The fraction of sp³-hybridized carbons (Fsp3) is 0.0625. The molecule has 33 heavy (non-hydrogen) atoms. The van der Waals surface area contributed by atoms with Gasteiger partial charge in [0.2, 0.25) is 0 Å². The SMILES string of the molecule is Cc1nn(-c2cc(Cl)c(S(=O)(=O)O)cc2Cl)c([O-])c1N=Nc1cccc(S(=O)(=O)[O-])c1.[Na+].[Na+]. The van der Waals surface area contributed by atoms with Crippen LogP contribution < -0.4 is 64.2 Å². The maximum Gasteiger partial charge on any atom is 1.00 e. The van der Waals surface area contributed by atoms with Crippen molar-refractivity contribution in [2.45, 2.75) is 16.7 Å². The summed E-state index contributed by atoms with van der Waals surface area (Å²) in [6.07, 6.45) is 0. The number of rotatable bonds is 5. The standard InChI is InChI=1S/C16H12Cl2N4O7S2.2Na/c1-8-15(20-19-9-3-2-4-10(5-9)30(24,25)26)16(23)22(21-8)13-6-12(18)14(7-11(13)17)31(27,28)29;;/h2-7,23H,1H3,(H,24,25,26)(H,27,28,29);;/q;2*+1/p-2. The van der Waals surface area contributed by atoms with Crippen LogP contribution in [0.25, 0.3) is 5.69 Å². The van der Waals surface area contributed by atoms with Crippen LogP contribution in [0.3, 0.4) is 0 Å².